The van der Waals surface area contributed by atoms with Gasteiger partial charge in [-0.25, -0.2) is 0 Å². The van der Waals surface area contributed by atoms with Crippen LogP contribution in [0.2, 0.25) is 0 Å². The lowest BCUT2D eigenvalue weighted by Crippen LogP contribution is -1.97. The van der Waals surface area contributed by atoms with Gasteiger partial charge in [0.2, 0.25) is 0 Å². The predicted octanol–water partition coefficient (Wildman–Crippen LogP) is 12.4. The summed E-state index contributed by atoms with van der Waals surface area (Å²) >= 11 is 0. The number of hydrogen-bond donors (Lipinski definition) is 1. The van der Waals surface area contributed by atoms with Gasteiger partial charge < -0.3 is 5.73 Å². The first kappa shape index (κ1) is 34.9. The van der Waals surface area contributed by atoms with E-state index in [0.29, 0.717) is 5.92 Å². The number of nitrogens with two attached hydrogens (primary N) is 1. The number of allylic oxidation sites excluding steroid dienone is 13. The zero-order chi connectivity index (χ0) is 32.4. The van der Waals surface area contributed by atoms with Crippen LogP contribution < -0.4 is 5.73 Å². The van der Waals surface area contributed by atoms with Gasteiger partial charge in [-0.1, -0.05) is 162 Å². The first-order chi connectivity index (χ1) is 21.8. The van der Waals surface area contributed by atoms with Crippen molar-refractivity contribution in [2.75, 3.05) is 0 Å². The second-order valence-electron chi connectivity index (χ2n) is 11.8. The minimum Gasteiger partial charge on any atom is -0.405 e. The van der Waals surface area contributed by atoms with E-state index in [-0.39, 0.29) is 0 Å². The van der Waals surface area contributed by atoms with Gasteiger partial charge in [-0.2, -0.15) is 0 Å². The molecule has 232 valence electrons. The summed E-state index contributed by atoms with van der Waals surface area (Å²) in [6.07, 6.45) is 29.7. The molecule has 0 aliphatic carbocycles. The van der Waals surface area contributed by atoms with Gasteiger partial charge in [-0.05, 0) is 107 Å². The normalized spacial score (nSPS) is 12.4. The maximum absolute atomic E-state index is 5.50. The Hall–Kier alpha value is -4.62. The maximum atomic E-state index is 5.50. The number of rotatable bonds is 16. The van der Waals surface area contributed by atoms with Crippen LogP contribution in [0.3, 0.4) is 0 Å². The first-order valence-electron chi connectivity index (χ1n) is 16.3. The Morgan fingerprint density at radius 2 is 1.53 bits per heavy atom. The smallest absolute Gasteiger partial charge is 0.00625 e. The lowest BCUT2D eigenvalue weighted by molar-refractivity contribution is 0.815. The number of benzene rings is 3. The van der Waals surface area contributed by atoms with Gasteiger partial charge in [0.15, 0.2) is 0 Å². The van der Waals surface area contributed by atoms with Crippen LogP contribution >= 0.6 is 0 Å². The summed E-state index contributed by atoms with van der Waals surface area (Å²) in [4.78, 5) is 0. The molecule has 1 nitrogen and oxygen atoms in total. The lowest BCUT2D eigenvalue weighted by Gasteiger charge is -2.19. The highest BCUT2D eigenvalue weighted by Gasteiger charge is 2.14. The van der Waals surface area contributed by atoms with E-state index in [2.05, 4.69) is 156 Å². The van der Waals surface area contributed by atoms with Gasteiger partial charge in [0.05, 0.1) is 0 Å². The minimum absolute atomic E-state index is 0.397. The lowest BCUT2D eigenvalue weighted by atomic mass is 9.86. The fourth-order valence-corrected chi connectivity index (χ4v) is 5.21. The van der Waals surface area contributed by atoms with Crippen molar-refractivity contribution in [3.63, 3.8) is 0 Å². The van der Waals surface area contributed by atoms with E-state index in [1.165, 1.54) is 51.8 Å². The van der Waals surface area contributed by atoms with Crippen molar-refractivity contribution in [2.24, 2.45) is 5.73 Å². The Bertz CT molecular complexity index is 1600. The maximum Gasteiger partial charge on any atom is -0.00625 e. The molecule has 1 heteroatoms. The van der Waals surface area contributed by atoms with Gasteiger partial charge >= 0.3 is 0 Å². The predicted molar refractivity (Wildman–Crippen MR) is 201 cm³/mol. The molecule has 0 aliphatic rings. The highest BCUT2D eigenvalue weighted by Crippen LogP contribution is 2.37. The second kappa shape index (κ2) is 18.9. The van der Waals surface area contributed by atoms with Gasteiger partial charge in [0.1, 0.15) is 0 Å². The highest BCUT2D eigenvalue weighted by atomic mass is 14.5. The Balaban J connectivity index is 1.82. The fraction of sp³-hybridized carbons (Fsp3) is 0.227. The molecule has 0 saturated carbocycles. The Morgan fingerprint density at radius 3 is 2.31 bits per heavy atom. The van der Waals surface area contributed by atoms with Crippen molar-refractivity contribution in [1.29, 1.82) is 0 Å². The van der Waals surface area contributed by atoms with Crippen LogP contribution in [0.1, 0.15) is 74.6 Å². The number of unbranched alkanes of at least 4 members (excludes halogenated alkanes) is 2. The summed E-state index contributed by atoms with van der Waals surface area (Å²) in [5.74, 6) is 0.397. The van der Waals surface area contributed by atoms with Gasteiger partial charge in [-0.15, -0.1) is 0 Å². The van der Waals surface area contributed by atoms with Crippen molar-refractivity contribution in [3.05, 3.63) is 175 Å². The third-order valence-corrected chi connectivity index (χ3v) is 7.83. The zero-order valence-electron chi connectivity index (χ0n) is 27.8. The van der Waals surface area contributed by atoms with Gasteiger partial charge in [-0.3, -0.25) is 0 Å². The monoisotopic (exact) mass is 593 g/mol. The summed E-state index contributed by atoms with van der Waals surface area (Å²) in [7, 11) is 0. The van der Waals surface area contributed by atoms with E-state index in [9.17, 15) is 0 Å². The van der Waals surface area contributed by atoms with Crippen molar-refractivity contribution in [3.8, 4) is 22.3 Å². The Morgan fingerprint density at radius 1 is 0.778 bits per heavy atom. The molecule has 0 aliphatic heterocycles. The summed E-state index contributed by atoms with van der Waals surface area (Å²) in [5, 5.41) is 0. The molecule has 0 radical (unpaired) electrons. The quantitative estimate of drug-likeness (QED) is 0.130. The number of hydrogen-bond acceptors (Lipinski definition) is 1. The van der Waals surface area contributed by atoms with Crippen LogP contribution in [0.25, 0.3) is 27.8 Å². The van der Waals surface area contributed by atoms with Crippen molar-refractivity contribution in [1.82, 2.24) is 0 Å². The van der Waals surface area contributed by atoms with Crippen LogP contribution in [0.15, 0.2) is 152 Å². The summed E-state index contributed by atoms with van der Waals surface area (Å²) in [6, 6.07) is 22.3. The highest BCUT2D eigenvalue weighted by molar-refractivity contribution is 5.82. The van der Waals surface area contributed by atoms with Crippen LogP contribution in [0.4, 0.5) is 0 Å². The number of aryl methyl sites for hydroxylation is 1. The summed E-state index contributed by atoms with van der Waals surface area (Å²) in [6.45, 7) is 17.5. The molecule has 0 saturated heterocycles. The molecule has 2 N–H and O–H groups in total. The van der Waals surface area contributed by atoms with E-state index >= 15 is 0 Å². The summed E-state index contributed by atoms with van der Waals surface area (Å²) < 4.78 is 0. The molecule has 0 spiro atoms. The van der Waals surface area contributed by atoms with Crippen LogP contribution in [-0.4, -0.2) is 0 Å². The second-order valence-corrected chi connectivity index (χ2v) is 11.8. The SMILES string of the molecule is C=C(/C=C\C=C/CCCC)C/C=C\C=C/C(=C)c1ccc(C)c(-c2cc(-c3ccccc3C/C=C\C=C/N)ccc2C(C)C)c1. The van der Waals surface area contributed by atoms with Crippen LogP contribution in [0, 0.1) is 6.92 Å². The average Bonchev–Trinajstić information content (AvgIpc) is 3.04. The van der Waals surface area contributed by atoms with Crippen LogP contribution in [0.5, 0.6) is 0 Å². The molecule has 0 fully saturated rings. The molecular formula is C44H51N. The van der Waals surface area contributed by atoms with Crippen molar-refractivity contribution < 1.29 is 0 Å². The topological polar surface area (TPSA) is 26.0 Å². The van der Waals surface area contributed by atoms with E-state index < -0.39 is 0 Å². The van der Waals surface area contributed by atoms with Crippen molar-refractivity contribution in [2.45, 2.75) is 65.7 Å². The van der Waals surface area contributed by atoms with E-state index in [0.717, 1.165) is 36.0 Å². The molecule has 3 aromatic carbocycles. The fourth-order valence-electron chi connectivity index (χ4n) is 5.21. The molecule has 0 unspecified atom stereocenters. The third-order valence-electron chi connectivity index (χ3n) is 7.83. The minimum atomic E-state index is 0.397. The van der Waals surface area contributed by atoms with Gasteiger partial charge in [0.25, 0.3) is 0 Å². The molecule has 0 amide bonds. The molecule has 3 rings (SSSR count). The van der Waals surface area contributed by atoms with Crippen molar-refractivity contribution >= 4 is 5.57 Å². The first-order valence-corrected chi connectivity index (χ1v) is 16.3. The largest absolute Gasteiger partial charge is 0.405 e. The molecule has 0 heterocycles. The van der Waals surface area contributed by atoms with Crippen LogP contribution in [-0.2, 0) is 6.42 Å². The Kier molecular flexibility index (Phi) is 14.7. The molecule has 3 aromatic rings. The molecule has 45 heavy (non-hydrogen) atoms. The van der Waals surface area contributed by atoms with E-state index in [4.69, 9.17) is 5.73 Å². The average molecular weight is 594 g/mol. The molecule has 0 aromatic heterocycles. The molecule has 0 bridgehead atoms. The zero-order valence-corrected chi connectivity index (χ0v) is 27.8. The summed E-state index contributed by atoms with van der Waals surface area (Å²) in [5.41, 5.74) is 17.6. The molecular weight excluding hydrogens is 542 g/mol. The Labute approximate surface area is 273 Å². The van der Waals surface area contributed by atoms with E-state index in [1.807, 2.05) is 12.2 Å². The molecule has 0 atom stereocenters. The standard InChI is InChI=1S/C44H51N/c1-7-8-9-10-11-14-21-35(4)22-15-12-16-23-36(5)39-28-27-37(6)43(32-39)44-33-40(29-30-41(44)34(2)3)42-26-19-18-25-38(42)24-17-13-20-31-45/h10-21,23,25-34H,4-5,7-9,22,24,45H2,1-3,6H3/b11-10-,15-12-,17-13-,21-14-,23-16-,31-20-. The van der Waals surface area contributed by atoms with Gasteiger partial charge in [0, 0.05) is 0 Å². The third kappa shape index (κ3) is 11.1. The van der Waals surface area contributed by atoms with E-state index in [1.54, 1.807) is 6.20 Å².